The Kier molecular flexibility index (Phi) is 7.13. The van der Waals surface area contributed by atoms with Crippen LogP contribution >= 0.6 is 11.8 Å². The number of carbonyl (C=O) groups excluding carboxylic acids is 2. The second kappa shape index (κ2) is 10.1. The van der Waals surface area contributed by atoms with Gasteiger partial charge in [0.25, 0.3) is 0 Å². The van der Waals surface area contributed by atoms with E-state index in [0.29, 0.717) is 5.75 Å². The summed E-state index contributed by atoms with van der Waals surface area (Å²) in [5.41, 5.74) is 5.06. The third-order valence-electron chi connectivity index (χ3n) is 6.27. The van der Waals surface area contributed by atoms with Crippen molar-refractivity contribution in [3.63, 3.8) is 0 Å². The number of nitrogens with one attached hydrogen (secondary N) is 1. The zero-order valence-electron chi connectivity index (χ0n) is 20.2. The molecular weight excluding hydrogens is 440 g/mol. The maximum atomic E-state index is 12.9. The second-order valence-corrected chi connectivity index (χ2v) is 10.8. The first-order chi connectivity index (χ1) is 16.3. The summed E-state index contributed by atoms with van der Waals surface area (Å²) in [5, 5.41) is 2.98. The summed E-state index contributed by atoms with van der Waals surface area (Å²) < 4.78 is 0. The highest BCUT2D eigenvalue weighted by molar-refractivity contribution is 8.00. The summed E-state index contributed by atoms with van der Waals surface area (Å²) in [6.45, 7) is 8.58. The summed E-state index contributed by atoms with van der Waals surface area (Å²) >= 11 is 1.63. The summed E-state index contributed by atoms with van der Waals surface area (Å²) in [5.74, 6) is 0.381. The fraction of sp³-hybridized carbons (Fsp3) is 0.310. The minimum absolute atomic E-state index is 0.00701. The van der Waals surface area contributed by atoms with Gasteiger partial charge in [-0.15, -0.1) is 11.8 Å². The largest absolute Gasteiger partial charge is 0.326 e. The van der Waals surface area contributed by atoms with Gasteiger partial charge >= 0.3 is 0 Å². The summed E-state index contributed by atoms with van der Waals surface area (Å²) in [4.78, 5) is 27.5. The van der Waals surface area contributed by atoms with Crippen LogP contribution in [0.25, 0.3) is 0 Å². The Bertz CT molecular complexity index is 1140. The van der Waals surface area contributed by atoms with Gasteiger partial charge in [-0.2, -0.15) is 0 Å². The van der Waals surface area contributed by atoms with E-state index < -0.39 is 0 Å². The Balaban J connectivity index is 1.49. The molecule has 0 bridgehead atoms. The molecule has 0 aromatic heterocycles. The first-order valence-electron chi connectivity index (χ1n) is 11.8. The lowest BCUT2D eigenvalue weighted by Crippen LogP contribution is -2.28. The lowest BCUT2D eigenvalue weighted by atomic mass is 9.87. The fourth-order valence-corrected chi connectivity index (χ4v) is 5.47. The third kappa shape index (κ3) is 5.20. The number of thioether (sulfide) groups is 1. The van der Waals surface area contributed by atoms with Crippen molar-refractivity contribution in [3.8, 4) is 0 Å². The Morgan fingerprint density at radius 3 is 2.24 bits per heavy atom. The first-order valence-corrected chi connectivity index (χ1v) is 12.8. The highest BCUT2D eigenvalue weighted by Gasteiger charge is 2.34. The lowest BCUT2D eigenvalue weighted by Gasteiger charge is -2.26. The van der Waals surface area contributed by atoms with E-state index in [0.717, 1.165) is 28.9 Å². The number of hydrogen-bond donors (Lipinski definition) is 1. The zero-order valence-corrected chi connectivity index (χ0v) is 21.1. The molecule has 1 aliphatic rings. The minimum atomic E-state index is -0.185. The summed E-state index contributed by atoms with van der Waals surface area (Å²) in [6, 6.07) is 26.0. The minimum Gasteiger partial charge on any atom is -0.326 e. The van der Waals surface area contributed by atoms with E-state index in [9.17, 15) is 9.59 Å². The number of anilines is 2. The predicted molar refractivity (Wildman–Crippen MR) is 142 cm³/mol. The molecular formula is C29H32N2O2S. The Labute approximate surface area is 206 Å². The molecule has 3 aromatic carbocycles. The molecule has 3 aromatic rings. The monoisotopic (exact) mass is 472 g/mol. The van der Waals surface area contributed by atoms with Gasteiger partial charge in [0.1, 0.15) is 5.37 Å². The molecule has 4 nitrogen and oxygen atoms in total. The summed E-state index contributed by atoms with van der Waals surface area (Å²) in [6.07, 6.45) is 0.734. The molecule has 1 N–H and O–H groups in total. The van der Waals surface area contributed by atoms with Crippen molar-refractivity contribution < 1.29 is 9.59 Å². The molecule has 2 atom stereocenters. The van der Waals surface area contributed by atoms with Gasteiger partial charge in [0, 0.05) is 11.4 Å². The molecule has 0 spiro atoms. The molecule has 5 heteroatoms. The van der Waals surface area contributed by atoms with E-state index in [4.69, 9.17) is 0 Å². The van der Waals surface area contributed by atoms with E-state index in [1.54, 1.807) is 11.8 Å². The van der Waals surface area contributed by atoms with Gasteiger partial charge in [-0.1, -0.05) is 82.3 Å². The molecule has 0 aliphatic carbocycles. The standard InChI is InChI=1S/C29H32N2O2S/c1-5-25(20-9-7-6-8-10-20)27(33)30-23-15-11-21(12-16-23)28-31(26(32)19-34-28)24-17-13-22(14-18-24)29(2,3)4/h6-18,25,28H,5,19H2,1-4H3,(H,30,33). The topological polar surface area (TPSA) is 49.4 Å². The first kappa shape index (κ1) is 24.1. The van der Waals surface area contributed by atoms with Crippen molar-refractivity contribution in [2.45, 2.75) is 50.8 Å². The van der Waals surface area contributed by atoms with Crippen LogP contribution in [0, 0.1) is 0 Å². The number of carbonyl (C=O) groups is 2. The second-order valence-electron chi connectivity index (χ2n) is 9.71. The van der Waals surface area contributed by atoms with Gasteiger partial charge in [0.15, 0.2) is 0 Å². The van der Waals surface area contributed by atoms with Crippen molar-refractivity contribution in [2.75, 3.05) is 16.0 Å². The Morgan fingerprint density at radius 2 is 1.65 bits per heavy atom. The normalized spacial score (nSPS) is 17.0. The number of amides is 2. The number of hydrogen-bond acceptors (Lipinski definition) is 3. The van der Waals surface area contributed by atoms with Gasteiger partial charge in [-0.05, 0) is 52.8 Å². The van der Waals surface area contributed by atoms with Crippen molar-refractivity contribution in [3.05, 3.63) is 95.6 Å². The molecule has 2 unspecified atom stereocenters. The van der Waals surface area contributed by atoms with Gasteiger partial charge < -0.3 is 5.32 Å². The number of benzene rings is 3. The third-order valence-corrected chi connectivity index (χ3v) is 7.48. The highest BCUT2D eigenvalue weighted by atomic mass is 32.2. The van der Waals surface area contributed by atoms with Crippen LogP contribution in [-0.2, 0) is 15.0 Å². The molecule has 0 saturated carbocycles. The summed E-state index contributed by atoms with van der Waals surface area (Å²) in [7, 11) is 0. The molecule has 1 heterocycles. The Morgan fingerprint density at radius 1 is 1.00 bits per heavy atom. The van der Waals surface area contributed by atoms with Crippen molar-refractivity contribution >= 4 is 35.0 Å². The van der Waals surface area contributed by atoms with Gasteiger partial charge in [0.2, 0.25) is 11.8 Å². The maximum Gasteiger partial charge on any atom is 0.238 e. The molecule has 4 rings (SSSR count). The van der Waals surface area contributed by atoms with Crippen LogP contribution in [0.1, 0.15) is 62.1 Å². The zero-order chi connectivity index (χ0) is 24.3. The quantitative estimate of drug-likeness (QED) is 0.425. The van der Waals surface area contributed by atoms with Gasteiger partial charge in [0.05, 0.1) is 11.7 Å². The highest BCUT2D eigenvalue weighted by Crippen LogP contribution is 2.42. The molecule has 1 saturated heterocycles. The van der Waals surface area contributed by atoms with E-state index in [1.807, 2.05) is 78.6 Å². The van der Waals surface area contributed by atoms with Crippen LogP contribution in [0.15, 0.2) is 78.9 Å². The SMILES string of the molecule is CCC(C(=O)Nc1ccc(C2SCC(=O)N2c2ccc(C(C)(C)C)cc2)cc1)c1ccccc1. The van der Waals surface area contributed by atoms with E-state index in [-0.39, 0.29) is 28.5 Å². The van der Waals surface area contributed by atoms with E-state index >= 15 is 0 Å². The molecule has 1 aliphatic heterocycles. The molecule has 34 heavy (non-hydrogen) atoms. The smallest absolute Gasteiger partial charge is 0.238 e. The fourth-order valence-electron chi connectivity index (χ4n) is 4.29. The van der Waals surface area contributed by atoms with Crippen LogP contribution in [0.3, 0.4) is 0 Å². The Hall–Kier alpha value is -3.05. The van der Waals surface area contributed by atoms with Crippen LogP contribution in [0.4, 0.5) is 11.4 Å². The van der Waals surface area contributed by atoms with Gasteiger partial charge in [-0.25, -0.2) is 0 Å². The van der Waals surface area contributed by atoms with E-state index in [1.165, 1.54) is 5.56 Å². The average Bonchev–Trinajstić information content (AvgIpc) is 3.21. The molecule has 176 valence electrons. The van der Waals surface area contributed by atoms with Crippen molar-refractivity contribution in [1.29, 1.82) is 0 Å². The lowest BCUT2D eigenvalue weighted by molar-refractivity contribution is -0.118. The van der Waals surface area contributed by atoms with Crippen LogP contribution < -0.4 is 10.2 Å². The van der Waals surface area contributed by atoms with Crippen LogP contribution in [0.2, 0.25) is 0 Å². The van der Waals surface area contributed by atoms with Crippen LogP contribution in [-0.4, -0.2) is 17.6 Å². The number of rotatable bonds is 6. The van der Waals surface area contributed by atoms with E-state index in [2.05, 4.69) is 38.2 Å². The van der Waals surface area contributed by atoms with Crippen LogP contribution in [0.5, 0.6) is 0 Å². The van der Waals surface area contributed by atoms with Crippen molar-refractivity contribution in [1.82, 2.24) is 0 Å². The molecule has 0 radical (unpaired) electrons. The molecule has 1 fully saturated rings. The molecule has 2 amide bonds. The van der Waals surface area contributed by atoms with Gasteiger partial charge in [-0.3, -0.25) is 14.5 Å². The predicted octanol–water partition coefficient (Wildman–Crippen LogP) is 6.90. The van der Waals surface area contributed by atoms with Crippen molar-refractivity contribution in [2.24, 2.45) is 0 Å². The maximum absolute atomic E-state index is 12.9. The average molecular weight is 473 g/mol. The number of nitrogens with zero attached hydrogens (tertiary/aromatic N) is 1.